The summed E-state index contributed by atoms with van der Waals surface area (Å²) < 4.78 is 11.1. The standard InChI is InChI=1S/C14H17NO2S/c1-10(15)12-3-4-13(14(7-12)16-2)17-8-11-5-6-18-9-11/h3-7,9-10H,8,15H2,1-2H3/t10-/m1/s1. The zero-order valence-electron chi connectivity index (χ0n) is 10.6. The number of thiophene rings is 1. The van der Waals surface area contributed by atoms with Gasteiger partial charge in [-0.25, -0.2) is 0 Å². The van der Waals surface area contributed by atoms with Crippen LogP contribution < -0.4 is 15.2 Å². The van der Waals surface area contributed by atoms with Crippen molar-refractivity contribution < 1.29 is 9.47 Å². The Morgan fingerprint density at radius 2 is 2.11 bits per heavy atom. The van der Waals surface area contributed by atoms with Crippen LogP contribution >= 0.6 is 11.3 Å². The summed E-state index contributed by atoms with van der Waals surface area (Å²) in [6.07, 6.45) is 0. The average Bonchev–Trinajstić information content (AvgIpc) is 2.89. The van der Waals surface area contributed by atoms with E-state index in [1.165, 1.54) is 5.56 Å². The Bertz CT molecular complexity index is 495. The lowest BCUT2D eigenvalue weighted by Crippen LogP contribution is -2.05. The number of rotatable bonds is 5. The van der Waals surface area contributed by atoms with Gasteiger partial charge >= 0.3 is 0 Å². The van der Waals surface area contributed by atoms with E-state index in [-0.39, 0.29) is 6.04 Å². The third-order valence-corrected chi connectivity index (χ3v) is 3.42. The predicted octanol–water partition coefficient (Wildman–Crippen LogP) is 3.36. The van der Waals surface area contributed by atoms with Crippen molar-refractivity contribution in [2.24, 2.45) is 5.73 Å². The van der Waals surface area contributed by atoms with Crippen molar-refractivity contribution in [2.75, 3.05) is 7.11 Å². The fourth-order valence-electron chi connectivity index (χ4n) is 1.62. The van der Waals surface area contributed by atoms with Crippen LogP contribution in [0.25, 0.3) is 0 Å². The van der Waals surface area contributed by atoms with Crippen molar-refractivity contribution in [1.82, 2.24) is 0 Å². The maximum atomic E-state index is 5.84. The van der Waals surface area contributed by atoms with Gasteiger partial charge in [0.25, 0.3) is 0 Å². The van der Waals surface area contributed by atoms with Gasteiger partial charge in [0.15, 0.2) is 11.5 Å². The van der Waals surface area contributed by atoms with Gasteiger partial charge in [-0.05, 0) is 47.0 Å². The molecule has 0 aliphatic heterocycles. The summed E-state index contributed by atoms with van der Waals surface area (Å²) in [5, 5.41) is 4.11. The summed E-state index contributed by atoms with van der Waals surface area (Å²) in [5.74, 6) is 1.47. The highest BCUT2D eigenvalue weighted by atomic mass is 32.1. The summed E-state index contributed by atoms with van der Waals surface area (Å²) in [6.45, 7) is 2.50. The van der Waals surface area contributed by atoms with E-state index in [4.69, 9.17) is 15.2 Å². The summed E-state index contributed by atoms with van der Waals surface area (Å²) >= 11 is 1.66. The first-order valence-corrected chi connectivity index (χ1v) is 6.72. The van der Waals surface area contributed by atoms with Crippen LogP contribution in [0.3, 0.4) is 0 Å². The van der Waals surface area contributed by atoms with E-state index in [0.717, 1.165) is 17.1 Å². The van der Waals surface area contributed by atoms with Gasteiger partial charge in [0, 0.05) is 6.04 Å². The average molecular weight is 263 g/mol. The second-order valence-corrected chi connectivity index (χ2v) is 4.90. The van der Waals surface area contributed by atoms with Crippen LogP contribution in [0.15, 0.2) is 35.0 Å². The van der Waals surface area contributed by atoms with Gasteiger partial charge in [-0.2, -0.15) is 11.3 Å². The number of ether oxygens (including phenoxy) is 2. The molecule has 0 spiro atoms. The summed E-state index contributed by atoms with van der Waals surface area (Å²) in [5.41, 5.74) is 8.05. The van der Waals surface area contributed by atoms with E-state index in [1.54, 1.807) is 18.4 Å². The van der Waals surface area contributed by atoms with Gasteiger partial charge in [-0.15, -0.1) is 0 Å². The molecule has 1 heterocycles. The third kappa shape index (κ3) is 3.03. The molecule has 0 unspecified atom stereocenters. The molecular formula is C14H17NO2S. The molecule has 0 radical (unpaired) electrons. The molecule has 0 saturated carbocycles. The van der Waals surface area contributed by atoms with Crippen molar-refractivity contribution in [2.45, 2.75) is 19.6 Å². The molecule has 0 saturated heterocycles. The quantitative estimate of drug-likeness (QED) is 0.899. The van der Waals surface area contributed by atoms with Gasteiger partial charge in [0.1, 0.15) is 6.61 Å². The van der Waals surface area contributed by atoms with Gasteiger partial charge < -0.3 is 15.2 Å². The maximum Gasteiger partial charge on any atom is 0.161 e. The molecule has 1 aromatic heterocycles. The Labute approximate surface area is 111 Å². The van der Waals surface area contributed by atoms with E-state index < -0.39 is 0 Å². The summed E-state index contributed by atoms with van der Waals surface area (Å²) in [7, 11) is 1.64. The molecule has 0 bridgehead atoms. The molecule has 2 N–H and O–H groups in total. The lowest BCUT2D eigenvalue weighted by atomic mass is 10.1. The van der Waals surface area contributed by atoms with Crippen molar-refractivity contribution in [3.05, 3.63) is 46.2 Å². The molecule has 0 aliphatic carbocycles. The first-order valence-electron chi connectivity index (χ1n) is 5.78. The van der Waals surface area contributed by atoms with E-state index in [0.29, 0.717) is 6.61 Å². The lowest BCUT2D eigenvalue weighted by molar-refractivity contribution is 0.284. The van der Waals surface area contributed by atoms with E-state index in [2.05, 4.69) is 5.38 Å². The van der Waals surface area contributed by atoms with Crippen LogP contribution in [0.5, 0.6) is 11.5 Å². The molecule has 1 aromatic carbocycles. The molecule has 2 aromatic rings. The zero-order chi connectivity index (χ0) is 13.0. The largest absolute Gasteiger partial charge is 0.493 e. The normalized spacial score (nSPS) is 12.2. The minimum Gasteiger partial charge on any atom is -0.493 e. The first kappa shape index (κ1) is 12.9. The van der Waals surface area contributed by atoms with Crippen molar-refractivity contribution >= 4 is 11.3 Å². The molecule has 0 amide bonds. The number of hydrogen-bond acceptors (Lipinski definition) is 4. The first-order chi connectivity index (χ1) is 8.70. The highest BCUT2D eigenvalue weighted by Gasteiger charge is 2.08. The van der Waals surface area contributed by atoms with Crippen molar-refractivity contribution in [1.29, 1.82) is 0 Å². The lowest BCUT2D eigenvalue weighted by Gasteiger charge is -2.13. The van der Waals surface area contributed by atoms with Gasteiger partial charge in [-0.3, -0.25) is 0 Å². The minimum absolute atomic E-state index is 0.00942. The Morgan fingerprint density at radius 3 is 2.72 bits per heavy atom. The molecule has 1 atom stereocenters. The van der Waals surface area contributed by atoms with Crippen LogP contribution in [-0.2, 0) is 6.61 Å². The Hall–Kier alpha value is -1.52. The predicted molar refractivity (Wildman–Crippen MR) is 74.2 cm³/mol. The van der Waals surface area contributed by atoms with Gasteiger partial charge in [0.05, 0.1) is 7.11 Å². The molecule has 96 valence electrons. The number of nitrogens with two attached hydrogens (primary N) is 1. The fourth-order valence-corrected chi connectivity index (χ4v) is 2.28. The maximum absolute atomic E-state index is 5.84. The van der Waals surface area contributed by atoms with Crippen LogP contribution in [-0.4, -0.2) is 7.11 Å². The fraction of sp³-hybridized carbons (Fsp3) is 0.286. The van der Waals surface area contributed by atoms with Crippen LogP contribution in [0.2, 0.25) is 0 Å². The number of benzene rings is 1. The number of hydrogen-bond donors (Lipinski definition) is 1. The summed E-state index contributed by atoms with van der Waals surface area (Å²) in [4.78, 5) is 0. The highest BCUT2D eigenvalue weighted by molar-refractivity contribution is 7.07. The molecule has 4 heteroatoms. The molecule has 2 rings (SSSR count). The third-order valence-electron chi connectivity index (χ3n) is 2.69. The van der Waals surface area contributed by atoms with Crippen LogP contribution in [0.4, 0.5) is 0 Å². The van der Waals surface area contributed by atoms with Crippen LogP contribution in [0, 0.1) is 0 Å². The van der Waals surface area contributed by atoms with Crippen LogP contribution in [0.1, 0.15) is 24.1 Å². The molecule has 0 aliphatic rings. The van der Waals surface area contributed by atoms with E-state index >= 15 is 0 Å². The van der Waals surface area contributed by atoms with Gasteiger partial charge in [-0.1, -0.05) is 6.07 Å². The highest BCUT2D eigenvalue weighted by Crippen LogP contribution is 2.30. The van der Waals surface area contributed by atoms with E-state index in [1.807, 2.05) is 36.6 Å². The zero-order valence-corrected chi connectivity index (χ0v) is 11.4. The Morgan fingerprint density at radius 1 is 1.28 bits per heavy atom. The Balaban J connectivity index is 2.12. The van der Waals surface area contributed by atoms with Crippen molar-refractivity contribution in [3.8, 4) is 11.5 Å². The minimum atomic E-state index is -0.00942. The number of methoxy groups -OCH3 is 1. The second-order valence-electron chi connectivity index (χ2n) is 4.12. The molecule has 0 fully saturated rings. The Kier molecular flexibility index (Phi) is 4.23. The van der Waals surface area contributed by atoms with Crippen molar-refractivity contribution in [3.63, 3.8) is 0 Å². The summed E-state index contributed by atoms with van der Waals surface area (Å²) in [6, 6.07) is 7.84. The molecule has 3 nitrogen and oxygen atoms in total. The second kappa shape index (κ2) is 5.89. The van der Waals surface area contributed by atoms with Gasteiger partial charge in [0.2, 0.25) is 0 Å². The monoisotopic (exact) mass is 263 g/mol. The van der Waals surface area contributed by atoms with E-state index in [9.17, 15) is 0 Å². The molecule has 18 heavy (non-hydrogen) atoms. The smallest absolute Gasteiger partial charge is 0.161 e. The molecular weight excluding hydrogens is 246 g/mol. The topological polar surface area (TPSA) is 44.5 Å². The SMILES string of the molecule is COc1cc([C@@H](C)N)ccc1OCc1ccsc1.